The van der Waals surface area contributed by atoms with E-state index in [2.05, 4.69) is 10.3 Å². The van der Waals surface area contributed by atoms with Gasteiger partial charge in [0.2, 0.25) is 0 Å². The van der Waals surface area contributed by atoms with Crippen molar-refractivity contribution in [2.45, 2.75) is 0 Å². The number of benzene rings is 1. The van der Waals surface area contributed by atoms with Gasteiger partial charge in [0, 0.05) is 0 Å². The molecule has 1 aromatic carbocycles. The predicted octanol–water partition coefficient (Wildman–Crippen LogP) is 2.45. The van der Waals surface area contributed by atoms with Gasteiger partial charge in [-0.1, -0.05) is 6.07 Å². The van der Waals surface area contributed by atoms with Crippen LogP contribution in [0.4, 0.5) is 19.0 Å². The van der Waals surface area contributed by atoms with Crippen LogP contribution >= 0.6 is 0 Å². The average Bonchev–Trinajstić information content (AvgIpc) is 2.45. The Balaban J connectivity index is 2.28. The fraction of sp³-hybridized carbons (Fsp3) is 0. The molecule has 0 spiro atoms. The van der Waals surface area contributed by atoms with Gasteiger partial charge >= 0.3 is 5.97 Å². The lowest BCUT2D eigenvalue weighted by Gasteiger charge is -2.06. The van der Waals surface area contributed by atoms with Gasteiger partial charge in [0.1, 0.15) is 5.82 Å². The van der Waals surface area contributed by atoms with Crippen LogP contribution < -0.4 is 5.32 Å². The fourth-order valence-electron chi connectivity index (χ4n) is 1.51. The molecule has 8 heteroatoms. The lowest BCUT2D eigenvalue weighted by molar-refractivity contribution is 0.0690. The third kappa shape index (κ3) is 2.99. The molecular formula is C13H7F3N2O3. The van der Waals surface area contributed by atoms with Crippen molar-refractivity contribution in [3.05, 3.63) is 59.0 Å². The van der Waals surface area contributed by atoms with E-state index in [0.29, 0.717) is 6.07 Å². The number of amides is 1. The molecule has 1 aromatic heterocycles. The van der Waals surface area contributed by atoms with E-state index in [9.17, 15) is 22.8 Å². The van der Waals surface area contributed by atoms with Gasteiger partial charge < -0.3 is 10.4 Å². The zero-order chi connectivity index (χ0) is 15.6. The van der Waals surface area contributed by atoms with E-state index in [4.69, 9.17) is 5.11 Å². The van der Waals surface area contributed by atoms with Crippen molar-refractivity contribution in [3.63, 3.8) is 0 Å². The van der Waals surface area contributed by atoms with Crippen LogP contribution in [0, 0.1) is 17.5 Å². The summed E-state index contributed by atoms with van der Waals surface area (Å²) in [5.41, 5.74) is -1.06. The molecule has 0 saturated heterocycles. The number of aromatic carboxylic acids is 1. The maximum Gasteiger partial charge on any atom is 0.354 e. The van der Waals surface area contributed by atoms with Crippen molar-refractivity contribution < 1.29 is 27.9 Å². The van der Waals surface area contributed by atoms with Crippen molar-refractivity contribution >= 4 is 17.7 Å². The molecule has 0 aliphatic rings. The van der Waals surface area contributed by atoms with Crippen molar-refractivity contribution in [2.75, 3.05) is 5.32 Å². The summed E-state index contributed by atoms with van der Waals surface area (Å²) in [5.74, 6) is -7.39. The first-order chi connectivity index (χ1) is 9.90. The normalized spacial score (nSPS) is 10.2. The summed E-state index contributed by atoms with van der Waals surface area (Å²) >= 11 is 0. The highest BCUT2D eigenvalue weighted by atomic mass is 19.2. The monoisotopic (exact) mass is 296 g/mol. The van der Waals surface area contributed by atoms with Gasteiger partial charge in [0.15, 0.2) is 23.1 Å². The molecule has 0 fully saturated rings. The Morgan fingerprint density at radius 3 is 2.43 bits per heavy atom. The summed E-state index contributed by atoms with van der Waals surface area (Å²) in [6.07, 6.45) is 0. The zero-order valence-corrected chi connectivity index (χ0v) is 10.2. The second-order valence-electron chi connectivity index (χ2n) is 3.89. The Morgan fingerprint density at radius 1 is 1.05 bits per heavy atom. The van der Waals surface area contributed by atoms with E-state index in [1.54, 1.807) is 0 Å². The Morgan fingerprint density at radius 2 is 1.76 bits per heavy atom. The van der Waals surface area contributed by atoms with Crippen LogP contribution in [0.25, 0.3) is 0 Å². The summed E-state index contributed by atoms with van der Waals surface area (Å²) in [6.45, 7) is 0. The molecule has 0 atom stereocenters. The predicted molar refractivity (Wildman–Crippen MR) is 65.5 cm³/mol. The van der Waals surface area contributed by atoms with Crippen molar-refractivity contribution in [3.8, 4) is 0 Å². The molecule has 0 aliphatic heterocycles. The van der Waals surface area contributed by atoms with Crippen molar-refractivity contribution in [2.24, 2.45) is 0 Å². The molecule has 0 aliphatic carbocycles. The molecule has 0 bridgehead atoms. The number of pyridine rings is 1. The number of nitrogens with zero attached hydrogens (tertiary/aromatic N) is 1. The number of carbonyl (C=O) groups is 2. The third-order valence-electron chi connectivity index (χ3n) is 2.49. The van der Waals surface area contributed by atoms with Crippen LogP contribution in [0.2, 0.25) is 0 Å². The molecule has 0 saturated carbocycles. The van der Waals surface area contributed by atoms with Gasteiger partial charge in [-0.3, -0.25) is 4.79 Å². The summed E-state index contributed by atoms with van der Waals surface area (Å²) in [4.78, 5) is 26.1. The molecular weight excluding hydrogens is 289 g/mol. The first-order valence-electron chi connectivity index (χ1n) is 5.55. The number of rotatable bonds is 3. The number of anilines is 1. The number of nitrogens with one attached hydrogen (secondary N) is 1. The van der Waals surface area contributed by atoms with E-state index >= 15 is 0 Å². The molecule has 2 rings (SSSR count). The number of halogens is 3. The molecule has 1 heterocycles. The molecule has 0 radical (unpaired) electrons. The fourth-order valence-corrected chi connectivity index (χ4v) is 1.51. The third-order valence-corrected chi connectivity index (χ3v) is 2.49. The largest absolute Gasteiger partial charge is 0.477 e. The zero-order valence-electron chi connectivity index (χ0n) is 10.2. The number of hydrogen-bond donors (Lipinski definition) is 2. The van der Waals surface area contributed by atoms with E-state index in [1.807, 2.05) is 0 Å². The molecule has 2 N–H and O–H groups in total. The minimum Gasteiger partial charge on any atom is -0.477 e. The summed E-state index contributed by atoms with van der Waals surface area (Å²) in [7, 11) is 0. The van der Waals surface area contributed by atoms with Gasteiger partial charge in [-0.15, -0.1) is 0 Å². The summed E-state index contributed by atoms with van der Waals surface area (Å²) < 4.78 is 39.2. The number of aromatic nitrogens is 1. The first-order valence-corrected chi connectivity index (χ1v) is 5.55. The van der Waals surface area contributed by atoms with Gasteiger partial charge in [-0.2, -0.15) is 0 Å². The Hall–Kier alpha value is -2.90. The molecule has 108 valence electrons. The van der Waals surface area contributed by atoms with Gasteiger partial charge in [-0.05, 0) is 24.3 Å². The van der Waals surface area contributed by atoms with E-state index in [0.717, 1.165) is 6.07 Å². The van der Waals surface area contributed by atoms with Crippen LogP contribution in [0.1, 0.15) is 20.8 Å². The molecule has 0 unspecified atom stereocenters. The van der Waals surface area contributed by atoms with Gasteiger partial charge in [0.25, 0.3) is 5.91 Å². The minimum absolute atomic E-state index is 0.163. The van der Waals surface area contributed by atoms with Crippen molar-refractivity contribution in [1.29, 1.82) is 0 Å². The number of carboxylic acids is 1. The minimum atomic E-state index is -1.77. The Labute approximate surface area is 116 Å². The van der Waals surface area contributed by atoms with E-state index in [-0.39, 0.29) is 11.5 Å². The highest BCUT2D eigenvalue weighted by Gasteiger charge is 2.19. The second kappa shape index (κ2) is 5.61. The maximum atomic E-state index is 13.4. The van der Waals surface area contributed by atoms with E-state index < -0.39 is 34.9 Å². The van der Waals surface area contributed by atoms with Crippen LogP contribution in [0.5, 0.6) is 0 Å². The molecule has 5 nitrogen and oxygen atoms in total. The Bertz CT molecular complexity index is 735. The highest BCUT2D eigenvalue weighted by molar-refractivity contribution is 6.04. The van der Waals surface area contributed by atoms with Crippen molar-refractivity contribution in [1.82, 2.24) is 4.98 Å². The molecule has 21 heavy (non-hydrogen) atoms. The number of carboxylic acid groups (broad SMARTS) is 1. The molecule has 2 aromatic rings. The first kappa shape index (κ1) is 14.5. The quantitative estimate of drug-likeness (QED) is 0.853. The SMILES string of the molecule is O=C(O)c1cccc(NC(=O)c2ccc(F)c(F)c2F)n1. The highest BCUT2D eigenvalue weighted by Crippen LogP contribution is 2.16. The topological polar surface area (TPSA) is 79.3 Å². The number of hydrogen-bond acceptors (Lipinski definition) is 3. The average molecular weight is 296 g/mol. The van der Waals surface area contributed by atoms with E-state index in [1.165, 1.54) is 18.2 Å². The lowest BCUT2D eigenvalue weighted by Crippen LogP contribution is -2.16. The summed E-state index contributed by atoms with van der Waals surface area (Å²) in [6, 6.07) is 5.14. The van der Waals surface area contributed by atoms with Crippen LogP contribution in [-0.2, 0) is 0 Å². The summed E-state index contributed by atoms with van der Waals surface area (Å²) in [5, 5.41) is 10.8. The Kier molecular flexibility index (Phi) is 3.88. The standard InChI is InChI=1S/C13H7F3N2O3/c14-7-5-4-6(10(15)11(7)16)12(19)18-9-3-1-2-8(17-9)13(20)21/h1-5H,(H,20,21)(H,17,18,19). The van der Waals surface area contributed by atoms with Gasteiger partial charge in [0.05, 0.1) is 5.56 Å². The van der Waals surface area contributed by atoms with Crippen LogP contribution in [-0.4, -0.2) is 22.0 Å². The molecule has 1 amide bonds. The smallest absolute Gasteiger partial charge is 0.354 e. The number of carbonyl (C=O) groups excluding carboxylic acids is 1. The van der Waals surface area contributed by atoms with Crippen LogP contribution in [0.15, 0.2) is 30.3 Å². The second-order valence-corrected chi connectivity index (χ2v) is 3.89. The van der Waals surface area contributed by atoms with Crippen LogP contribution in [0.3, 0.4) is 0 Å². The maximum absolute atomic E-state index is 13.4. The van der Waals surface area contributed by atoms with Gasteiger partial charge in [-0.25, -0.2) is 22.9 Å². The lowest BCUT2D eigenvalue weighted by atomic mass is 10.2.